The summed E-state index contributed by atoms with van der Waals surface area (Å²) < 4.78 is 0. The van der Waals surface area contributed by atoms with E-state index in [1.54, 1.807) is 31.2 Å². The fraction of sp³-hybridized carbons (Fsp3) is 0.0667. The highest BCUT2D eigenvalue weighted by Crippen LogP contribution is 2.28. The van der Waals surface area contributed by atoms with E-state index in [2.05, 4.69) is 0 Å². The number of hydrogen-bond acceptors (Lipinski definition) is 4. The monoisotopic (exact) mass is 282 g/mol. The Bertz CT molecular complexity index is 743. The zero-order chi connectivity index (χ0) is 15.1. The highest BCUT2D eigenvalue weighted by atomic mass is 16.2. The van der Waals surface area contributed by atoms with Crippen molar-refractivity contribution in [1.82, 2.24) is 4.90 Å². The van der Waals surface area contributed by atoms with E-state index in [1.807, 2.05) is 0 Å². The second kappa shape index (κ2) is 4.52. The van der Waals surface area contributed by atoms with Gasteiger partial charge in [0.2, 0.25) is 0 Å². The number of anilines is 1. The van der Waals surface area contributed by atoms with Crippen LogP contribution in [0.1, 0.15) is 5.56 Å². The number of rotatable bonds is 2. The standard InChI is InChI=1S/C15H10N2O4/c1-9-4-2-3-5-10(9)17-14(20)8-11(15(17)21)16-12(18)6-7-13(16)19/h2-8H,1H3. The molecule has 4 amide bonds. The normalized spacial score (nSPS) is 18.0. The van der Waals surface area contributed by atoms with Crippen LogP contribution in [0, 0.1) is 6.92 Å². The predicted molar refractivity (Wildman–Crippen MR) is 72.7 cm³/mol. The minimum absolute atomic E-state index is 0.219. The first-order valence-electron chi connectivity index (χ1n) is 6.22. The third-order valence-electron chi connectivity index (χ3n) is 3.31. The molecule has 0 unspecified atom stereocenters. The Morgan fingerprint density at radius 2 is 1.43 bits per heavy atom. The van der Waals surface area contributed by atoms with Crippen LogP contribution < -0.4 is 4.90 Å². The minimum Gasteiger partial charge on any atom is -0.269 e. The highest BCUT2D eigenvalue weighted by Gasteiger charge is 2.40. The largest absolute Gasteiger partial charge is 0.282 e. The second-order valence-corrected chi connectivity index (χ2v) is 4.64. The summed E-state index contributed by atoms with van der Waals surface area (Å²) in [6.45, 7) is 1.77. The molecule has 6 heteroatoms. The molecule has 0 saturated heterocycles. The van der Waals surface area contributed by atoms with E-state index in [0.29, 0.717) is 10.6 Å². The maximum atomic E-state index is 12.4. The number of amides is 4. The number of para-hydroxylation sites is 1. The lowest BCUT2D eigenvalue weighted by molar-refractivity contribution is -0.137. The van der Waals surface area contributed by atoms with Gasteiger partial charge in [-0.2, -0.15) is 0 Å². The van der Waals surface area contributed by atoms with Crippen LogP contribution in [0.25, 0.3) is 0 Å². The number of hydrogen-bond donors (Lipinski definition) is 0. The number of imide groups is 2. The van der Waals surface area contributed by atoms with E-state index in [9.17, 15) is 19.2 Å². The van der Waals surface area contributed by atoms with Crippen molar-refractivity contribution >= 4 is 29.3 Å². The Morgan fingerprint density at radius 1 is 0.810 bits per heavy atom. The number of aryl methyl sites for hydroxylation is 1. The SMILES string of the molecule is Cc1ccccc1N1C(=O)C=C(N2C(=O)C=CC2=O)C1=O. The average Bonchev–Trinajstić information content (AvgIpc) is 2.91. The summed E-state index contributed by atoms with van der Waals surface area (Å²) in [7, 11) is 0. The molecule has 2 aliphatic heterocycles. The van der Waals surface area contributed by atoms with E-state index >= 15 is 0 Å². The summed E-state index contributed by atoms with van der Waals surface area (Å²) in [4.78, 5) is 49.4. The molecule has 6 nitrogen and oxygen atoms in total. The first kappa shape index (κ1) is 13.0. The van der Waals surface area contributed by atoms with Gasteiger partial charge >= 0.3 is 0 Å². The molecule has 0 bridgehead atoms. The molecule has 3 rings (SSSR count). The summed E-state index contributed by atoms with van der Waals surface area (Å²) >= 11 is 0. The molecule has 2 aliphatic rings. The molecule has 0 aromatic heterocycles. The zero-order valence-corrected chi connectivity index (χ0v) is 11.1. The van der Waals surface area contributed by atoms with E-state index < -0.39 is 23.6 Å². The Morgan fingerprint density at radius 3 is 2.05 bits per heavy atom. The molecule has 0 fully saturated rings. The van der Waals surface area contributed by atoms with Crippen LogP contribution in [0.4, 0.5) is 5.69 Å². The van der Waals surface area contributed by atoms with Gasteiger partial charge in [-0.15, -0.1) is 0 Å². The molecule has 2 heterocycles. The predicted octanol–water partition coefficient (Wildman–Crippen LogP) is 0.677. The summed E-state index contributed by atoms with van der Waals surface area (Å²) in [6, 6.07) is 6.89. The average molecular weight is 282 g/mol. The van der Waals surface area contributed by atoms with Gasteiger partial charge in [-0.25, -0.2) is 9.80 Å². The summed E-state index contributed by atoms with van der Waals surface area (Å²) in [5, 5.41) is 0. The van der Waals surface area contributed by atoms with Crippen LogP contribution in [0.5, 0.6) is 0 Å². The number of benzene rings is 1. The van der Waals surface area contributed by atoms with Crippen LogP contribution in [0.2, 0.25) is 0 Å². The van der Waals surface area contributed by atoms with Gasteiger partial charge in [0.05, 0.1) is 5.69 Å². The number of carbonyl (C=O) groups is 4. The van der Waals surface area contributed by atoms with Crippen LogP contribution in [0.15, 0.2) is 48.2 Å². The van der Waals surface area contributed by atoms with Gasteiger partial charge in [0.1, 0.15) is 5.70 Å². The van der Waals surface area contributed by atoms with Crippen molar-refractivity contribution in [2.75, 3.05) is 4.90 Å². The molecule has 0 saturated carbocycles. The van der Waals surface area contributed by atoms with Crippen LogP contribution in [-0.4, -0.2) is 28.5 Å². The van der Waals surface area contributed by atoms with Crippen molar-refractivity contribution in [2.45, 2.75) is 6.92 Å². The Kier molecular flexibility index (Phi) is 2.79. The van der Waals surface area contributed by atoms with Crippen LogP contribution in [-0.2, 0) is 19.2 Å². The van der Waals surface area contributed by atoms with Gasteiger partial charge < -0.3 is 0 Å². The zero-order valence-electron chi connectivity index (χ0n) is 11.1. The topological polar surface area (TPSA) is 74.8 Å². The van der Waals surface area contributed by atoms with Gasteiger partial charge in [-0.05, 0) is 18.6 Å². The molecular formula is C15H10N2O4. The van der Waals surface area contributed by atoms with Crippen molar-refractivity contribution in [3.05, 3.63) is 53.8 Å². The van der Waals surface area contributed by atoms with Gasteiger partial charge in [0.15, 0.2) is 0 Å². The van der Waals surface area contributed by atoms with E-state index in [1.165, 1.54) is 0 Å². The fourth-order valence-corrected chi connectivity index (χ4v) is 2.30. The lowest BCUT2D eigenvalue weighted by atomic mass is 10.2. The molecule has 21 heavy (non-hydrogen) atoms. The molecule has 0 radical (unpaired) electrons. The first-order chi connectivity index (χ1) is 10.0. The van der Waals surface area contributed by atoms with Crippen LogP contribution >= 0.6 is 0 Å². The first-order valence-corrected chi connectivity index (χ1v) is 6.22. The lowest BCUT2D eigenvalue weighted by Gasteiger charge is -2.19. The molecule has 0 aliphatic carbocycles. The molecule has 1 aromatic carbocycles. The molecule has 0 spiro atoms. The molecular weight excluding hydrogens is 272 g/mol. The summed E-state index contributed by atoms with van der Waals surface area (Å²) in [5.74, 6) is -2.51. The van der Waals surface area contributed by atoms with E-state index in [-0.39, 0.29) is 5.70 Å². The Balaban J connectivity index is 1.99. The number of carbonyl (C=O) groups excluding carboxylic acids is 4. The van der Waals surface area contributed by atoms with E-state index in [0.717, 1.165) is 28.7 Å². The van der Waals surface area contributed by atoms with Crippen molar-refractivity contribution in [3.63, 3.8) is 0 Å². The summed E-state index contributed by atoms with van der Waals surface area (Å²) in [5.41, 5.74) is 0.958. The maximum Gasteiger partial charge on any atom is 0.282 e. The minimum atomic E-state index is -0.681. The van der Waals surface area contributed by atoms with E-state index in [4.69, 9.17) is 0 Å². The van der Waals surface area contributed by atoms with Crippen LogP contribution in [0.3, 0.4) is 0 Å². The van der Waals surface area contributed by atoms with Crippen molar-refractivity contribution in [1.29, 1.82) is 0 Å². The third kappa shape index (κ3) is 1.88. The summed E-state index contributed by atoms with van der Waals surface area (Å²) in [6.07, 6.45) is 3.15. The van der Waals surface area contributed by atoms with Gasteiger partial charge in [-0.1, -0.05) is 18.2 Å². The van der Waals surface area contributed by atoms with Gasteiger partial charge in [-0.3, -0.25) is 19.2 Å². The molecule has 104 valence electrons. The van der Waals surface area contributed by atoms with Crippen molar-refractivity contribution in [2.24, 2.45) is 0 Å². The van der Waals surface area contributed by atoms with Crippen molar-refractivity contribution in [3.8, 4) is 0 Å². The smallest absolute Gasteiger partial charge is 0.269 e. The second-order valence-electron chi connectivity index (χ2n) is 4.64. The molecule has 0 N–H and O–H groups in total. The lowest BCUT2D eigenvalue weighted by Crippen LogP contribution is -2.37. The maximum absolute atomic E-state index is 12.4. The number of nitrogens with zero attached hydrogens (tertiary/aromatic N) is 2. The Hall–Kier alpha value is -3.02. The fourth-order valence-electron chi connectivity index (χ4n) is 2.30. The highest BCUT2D eigenvalue weighted by molar-refractivity contribution is 6.33. The quantitative estimate of drug-likeness (QED) is 0.747. The Labute approximate surface area is 119 Å². The van der Waals surface area contributed by atoms with Gasteiger partial charge in [0.25, 0.3) is 23.6 Å². The van der Waals surface area contributed by atoms with Crippen molar-refractivity contribution < 1.29 is 19.2 Å². The van der Waals surface area contributed by atoms with Gasteiger partial charge in [0, 0.05) is 18.2 Å². The molecule has 1 aromatic rings. The molecule has 0 atom stereocenters. The third-order valence-corrected chi connectivity index (χ3v) is 3.31.